The van der Waals surface area contributed by atoms with Gasteiger partial charge >= 0.3 is 0 Å². The molecule has 0 bridgehead atoms. The Morgan fingerprint density at radius 1 is 1.29 bits per heavy atom. The van der Waals surface area contributed by atoms with Crippen LogP contribution in [0, 0.1) is 5.92 Å². The summed E-state index contributed by atoms with van der Waals surface area (Å²) in [6.45, 7) is 1.25. The highest BCUT2D eigenvalue weighted by Crippen LogP contribution is 2.42. The molecule has 0 aromatic carbocycles. The summed E-state index contributed by atoms with van der Waals surface area (Å²) in [7, 11) is -3.01. The van der Waals surface area contributed by atoms with Gasteiger partial charge in [0.1, 0.15) is 0 Å². The highest BCUT2D eigenvalue weighted by atomic mass is 32.2. The number of carbonyl (C=O) groups excluding carboxylic acids is 1. The van der Waals surface area contributed by atoms with Crippen molar-refractivity contribution in [1.82, 2.24) is 15.1 Å². The molecule has 7 heteroatoms. The van der Waals surface area contributed by atoms with Crippen molar-refractivity contribution in [2.45, 2.75) is 38.1 Å². The van der Waals surface area contributed by atoms with Gasteiger partial charge in [0.05, 0.1) is 23.1 Å². The number of aromatic amines is 1. The van der Waals surface area contributed by atoms with Gasteiger partial charge in [0.15, 0.2) is 9.84 Å². The first-order chi connectivity index (χ1) is 10.0. The zero-order valence-electron chi connectivity index (χ0n) is 11.8. The van der Waals surface area contributed by atoms with E-state index in [4.69, 9.17) is 0 Å². The zero-order valence-corrected chi connectivity index (χ0v) is 12.7. The number of carbonyl (C=O) groups is 1. The van der Waals surface area contributed by atoms with E-state index in [2.05, 4.69) is 10.2 Å². The van der Waals surface area contributed by atoms with E-state index >= 15 is 0 Å². The lowest BCUT2D eigenvalue weighted by Crippen LogP contribution is -2.40. The highest BCUT2D eigenvalue weighted by Gasteiger charge is 2.38. The Morgan fingerprint density at radius 2 is 2.10 bits per heavy atom. The minimum absolute atomic E-state index is 0.00433. The van der Waals surface area contributed by atoms with Crippen molar-refractivity contribution in [2.75, 3.05) is 18.1 Å². The average Bonchev–Trinajstić information content (AvgIpc) is 3.11. The first-order valence-electron chi connectivity index (χ1n) is 7.59. The lowest BCUT2D eigenvalue weighted by Gasteiger charge is -2.29. The summed E-state index contributed by atoms with van der Waals surface area (Å²) in [4.78, 5) is 14.4. The molecule has 2 fully saturated rings. The van der Waals surface area contributed by atoms with Gasteiger partial charge in [-0.3, -0.25) is 9.89 Å². The molecule has 6 nitrogen and oxygen atoms in total. The van der Waals surface area contributed by atoms with Crippen molar-refractivity contribution in [1.29, 1.82) is 0 Å². The van der Waals surface area contributed by atoms with E-state index in [0.29, 0.717) is 25.4 Å². The van der Waals surface area contributed by atoms with E-state index in [9.17, 15) is 13.2 Å². The maximum atomic E-state index is 12.5. The second-order valence-electron chi connectivity index (χ2n) is 6.45. The van der Waals surface area contributed by atoms with Crippen LogP contribution in [0.25, 0.3) is 0 Å². The number of hydrogen-bond donors (Lipinski definition) is 1. The highest BCUT2D eigenvalue weighted by molar-refractivity contribution is 7.91. The Bertz CT molecular complexity index is 690. The number of nitrogens with zero attached hydrogens (tertiary/aromatic N) is 2. The predicted molar refractivity (Wildman–Crippen MR) is 76.4 cm³/mol. The van der Waals surface area contributed by atoms with E-state index in [1.54, 1.807) is 0 Å². The van der Waals surface area contributed by atoms with Gasteiger partial charge in [0, 0.05) is 36.7 Å². The first kappa shape index (κ1) is 13.3. The minimum atomic E-state index is -3.01. The number of fused-ring (bicyclic) bond motifs is 1. The molecule has 1 amide bonds. The summed E-state index contributed by atoms with van der Waals surface area (Å²) in [6.07, 6.45) is 3.64. The quantitative estimate of drug-likeness (QED) is 0.867. The molecule has 4 rings (SSSR count). The summed E-state index contributed by atoms with van der Waals surface area (Å²) in [5, 5.41) is 7.52. The van der Waals surface area contributed by atoms with Crippen LogP contribution in [0.15, 0.2) is 0 Å². The summed E-state index contributed by atoms with van der Waals surface area (Å²) in [5.41, 5.74) is 3.46. The van der Waals surface area contributed by atoms with Crippen LogP contribution in [0.1, 0.15) is 42.1 Å². The molecule has 0 radical (unpaired) electrons. The van der Waals surface area contributed by atoms with Crippen LogP contribution in [0.2, 0.25) is 0 Å². The van der Waals surface area contributed by atoms with E-state index in [1.165, 1.54) is 18.4 Å². The maximum Gasteiger partial charge on any atom is 0.227 e. The van der Waals surface area contributed by atoms with Crippen molar-refractivity contribution in [3.8, 4) is 0 Å². The Labute approximate surface area is 123 Å². The topological polar surface area (TPSA) is 83.1 Å². The fourth-order valence-corrected chi connectivity index (χ4v) is 5.18. The van der Waals surface area contributed by atoms with Crippen molar-refractivity contribution >= 4 is 15.7 Å². The number of rotatable bonds is 2. The van der Waals surface area contributed by atoms with Crippen LogP contribution >= 0.6 is 0 Å². The summed E-state index contributed by atoms with van der Waals surface area (Å²) < 4.78 is 23.1. The van der Waals surface area contributed by atoms with Crippen molar-refractivity contribution in [3.63, 3.8) is 0 Å². The van der Waals surface area contributed by atoms with Gasteiger partial charge in [-0.1, -0.05) is 0 Å². The summed E-state index contributed by atoms with van der Waals surface area (Å²) >= 11 is 0. The van der Waals surface area contributed by atoms with Gasteiger partial charge in [-0.2, -0.15) is 5.10 Å². The third-order valence-corrected chi connectivity index (χ3v) is 6.59. The first-order valence-corrected chi connectivity index (χ1v) is 9.41. The third-order valence-electron chi connectivity index (χ3n) is 4.82. The number of amides is 1. The Hall–Kier alpha value is -1.37. The number of nitrogens with one attached hydrogen (secondary N) is 1. The van der Waals surface area contributed by atoms with Gasteiger partial charge in [-0.25, -0.2) is 8.42 Å². The largest absolute Gasteiger partial charge is 0.338 e. The summed E-state index contributed by atoms with van der Waals surface area (Å²) in [6, 6.07) is 0. The molecule has 1 saturated heterocycles. The second-order valence-corrected chi connectivity index (χ2v) is 8.68. The molecular weight excluding hydrogens is 290 g/mol. The molecule has 1 saturated carbocycles. The van der Waals surface area contributed by atoms with E-state index in [-0.39, 0.29) is 23.3 Å². The van der Waals surface area contributed by atoms with E-state index in [0.717, 1.165) is 17.8 Å². The van der Waals surface area contributed by atoms with Gasteiger partial charge in [0.2, 0.25) is 5.91 Å². The minimum Gasteiger partial charge on any atom is -0.338 e. The lowest BCUT2D eigenvalue weighted by molar-refractivity contribution is -0.135. The Balaban J connectivity index is 1.52. The van der Waals surface area contributed by atoms with Gasteiger partial charge in [0.25, 0.3) is 0 Å². The normalized spacial score (nSPS) is 27.6. The van der Waals surface area contributed by atoms with Crippen LogP contribution in [-0.4, -0.2) is 47.5 Å². The molecule has 1 aromatic rings. The molecule has 0 spiro atoms. The van der Waals surface area contributed by atoms with Crippen LogP contribution < -0.4 is 0 Å². The second kappa shape index (κ2) is 4.56. The molecule has 114 valence electrons. The molecule has 3 heterocycles. The SMILES string of the molecule is O=C([C@@H]1CCS(=O)(=O)C1)N1CCc2[nH]nc(C3CC3)c2C1. The molecule has 1 N–H and O–H groups in total. The van der Waals surface area contributed by atoms with Gasteiger partial charge in [-0.15, -0.1) is 0 Å². The molecular formula is C14H19N3O3S. The van der Waals surface area contributed by atoms with Crippen LogP contribution in [0.3, 0.4) is 0 Å². The standard InChI is InChI=1S/C14H19N3O3S/c18-14(10-4-6-21(19,20)8-10)17-5-3-12-11(7-17)13(16-15-12)9-1-2-9/h9-10H,1-8H2,(H,15,16)/t10-/m1/s1. The van der Waals surface area contributed by atoms with Crippen LogP contribution in [0.5, 0.6) is 0 Å². The monoisotopic (exact) mass is 309 g/mol. The van der Waals surface area contributed by atoms with E-state index < -0.39 is 9.84 Å². The number of hydrogen-bond acceptors (Lipinski definition) is 4. The molecule has 1 aromatic heterocycles. The van der Waals surface area contributed by atoms with Crippen LogP contribution in [0.4, 0.5) is 0 Å². The summed E-state index contributed by atoms with van der Waals surface area (Å²) in [5.74, 6) is 0.404. The Kier molecular flexibility index (Phi) is 2.89. The third kappa shape index (κ3) is 2.37. The number of sulfone groups is 1. The molecule has 1 aliphatic carbocycles. The maximum absolute atomic E-state index is 12.5. The van der Waals surface area contributed by atoms with Crippen molar-refractivity contribution < 1.29 is 13.2 Å². The fraction of sp³-hybridized carbons (Fsp3) is 0.714. The van der Waals surface area contributed by atoms with Crippen LogP contribution in [-0.2, 0) is 27.6 Å². The zero-order chi connectivity index (χ0) is 14.6. The predicted octanol–water partition coefficient (Wildman–Crippen LogP) is 0.606. The van der Waals surface area contributed by atoms with Crippen molar-refractivity contribution in [2.24, 2.45) is 5.92 Å². The smallest absolute Gasteiger partial charge is 0.227 e. The fourth-order valence-electron chi connectivity index (χ4n) is 3.45. The van der Waals surface area contributed by atoms with Gasteiger partial charge in [-0.05, 0) is 19.3 Å². The van der Waals surface area contributed by atoms with Gasteiger partial charge < -0.3 is 4.90 Å². The van der Waals surface area contributed by atoms with E-state index in [1.807, 2.05) is 4.90 Å². The molecule has 2 aliphatic heterocycles. The molecule has 3 aliphatic rings. The number of aromatic nitrogens is 2. The molecule has 0 unspecified atom stereocenters. The lowest BCUT2D eigenvalue weighted by atomic mass is 10.0. The molecule has 1 atom stereocenters. The number of H-pyrrole nitrogens is 1. The van der Waals surface area contributed by atoms with Crippen molar-refractivity contribution in [3.05, 3.63) is 17.0 Å². The molecule has 21 heavy (non-hydrogen) atoms. The Morgan fingerprint density at radius 3 is 2.76 bits per heavy atom. The average molecular weight is 309 g/mol.